The van der Waals surface area contributed by atoms with E-state index in [2.05, 4.69) is 19.2 Å². The van der Waals surface area contributed by atoms with E-state index in [0.29, 0.717) is 11.5 Å². The Morgan fingerprint density at radius 1 is 1.05 bits per heavy atom. The number of carbonyl (C=O) groups excluding carboxylic acids is 3. The zero-order valence-corrected chi connectivity index (χ0v) is 12.6. The van der Waals surface area contributed by atoms with Crippen molar-refractivity contribution in [3.63, 3.8) is 0 Å². The predicted octanol–water partition coefficient (Wildman–Crippen LogP) is 1.81. The van der Waals surface area contributed by atoms with E-state index < -0.39 is 24.0 Å². The molecule has 1 aromatic carbocycles. The van der Waals surface area contributed by atoms with Crippen LogP contribution in [0.1, 0.15) is 42.6 Å². The minimum absolute atomic E-state index is 0.360. The molecule has 1 rings (SSSR count). The molecule has 0 aliphatic heterocycles. The first-order valence-electron chi connectivity index (χ1n) is 6.68. The summed E-state index contributed by atoms with van der Waals surface area (Å²) in [5, 5.41) is 4.29. The van der Waals surface area contributed by atoms with Gasteiger partial charge in [-0.2, -0.15) is 0 Å². The average Bonchev–Trinajstić information content (AvgIpc) is 2.46. The van der Waals surface area contributed by atoms with E-state index in [4.69, 9.17) is 4.74 Å². The minimum atomic E-state index is -1.06. The fourth-order valence-electron chi connectivity index (χ4n) is 1.56. The molecule has 21 heavy (non-hydrogen) atoms. The lowest BCUT2D eigenvalue weighted by molar-refractivity contribution is -0.127. The molecule has 0 fully saturated rings. The third kappa shape index (κ3) is 4.91. The van der Waals surface area contributed by atoms with Crippen LogP contribution in [0.4, 0.5) is 4.79 Å². The smallest absolute Gasteiger partial charge is 0.338 e. The number of urea groups is 1. The van der Waals surface area contributed by atoms with E-state index in [1.165, 1.54) is 14.0 Å². The number of carbonyl (C=O) groups is 3. The Labute approximate surface area is 123 Å². The Balaban J connectivity index is 2.63. The molecule has 0 aliphatic rings. The van der Waals surface area contributed by atoms with Crippen LogP contribution in [0.5, 0.6) is 0 Å². The van der Waals surface area contributed by atoms with Crippen molar-refractivity contribution in [3.8, 4) is 0 Å². The lowest BCUT2D eigenvalue weighted by Crippen LogP contribution is -2.43. The Hall–Kier alpha value is -2.37. The first-order valence-corrected chi connectivity index (χ1v) is 6.68. The summed E-state index contributed by atoms with van der Waals surface area (Å²) in [5.74, 6) is -0.918. The van der Waals surface area contributed by atoms with Crippen LogP contribution in [-0.2, 0) is 9.53 Å². The third-order valence-electron chi connectivity index (χ3n) is 2.93. The monoisotopic (exact) mass is 292 g/mol. The maximum Gasteiger partial charge on any atom is 0.338 e. The summed E-state index contributed by atoms with van der Waals surface area (Å²) < 4.78 is 5.01. The summed E-state index contributed by atoms with van der Waals surface area (Å²) in [7, 11) is 1.38. The van der Waals surface area contributed by atoms with Crippen LogP contribution < -0.4 is 10.6 Å². The number of esters is 1. The normalized spacial score (nSPS) is 11.7. The second-order valence-electron chi connectivity index (χ2n) is 4.89. The number of amides is 3. The number of hydrogen-bond acceptors (Lipinski definition) is 4. The second-order valence-corrected chi connectivity index (χ2v) is 4.89. The molecule has 0 radical (unpaired) electrons. The fourth-order valence-corrected chi connectivity index (χ4v) is 1.56. The first-order chi connectivity index (χ1) is 9.85. The van der Waals surface area contributed by atoms with E-state index in [-0.39, 0.29) is 0 Å². The molecule has 0 spiro atoms. The molecule has 0 aromatic heterocycles. The molecule has 3 amide bonds. The lowest BCUT2D eigenvalue weighted by Gasteiger charge is -2.13. The van der Waals surface area contributed by atoms with Crippen LogP contribution in [0, 0.1) is 0 Å². The zero-order chi connectivity index (χ0) is 16.0. The minimum Gasteiger partial charge on any atom is -0.449 e. The number of benzene rings is 1. The van der Waals surface area contributed by atoms with Crippen LogP contribution in [0.2, 0.25) is 0 Å². The van der Waals surface area contributed by atoms with Gasteiger partial charge in [0.25, 0.3) is 5.91 Å². The van der Waals surface area contributed by atoms with Gasteiger partial charge in [0.05, 0.1) is 5.56 Å². The summed E-state index contributed by atoms with van der Waals surface area (Å²) in [6.07, 6.45) is -1.06. The van der Waals surface area contributed by atoms with Gasteiger partial charge in [-0.25, -0.2) is 9.59 Å². The molecule has 114 valence electrons. The highest BCUT2D eigenvalue weighted by Gasteiger charge is 2.20. The average molecular weight is 292 g/mol. The van der Waals surface area contributed by atoms with E-state index in [9.17, 15) is 14.4 Å². The van der Waals surface area contributed by atoms with Gasteiger partial charge in [-0.05, 0) is 30.5 Å². The summed E-state index contributed by atoms with van der Waals surface area (Å²) in [6, 6.07) is 6.35. The van der Waals surface area contributed by atoms with Crippen molar-refractivity contribution in [2.45, 2.75) is 32.8 Å². The first kappa shape index (κ1) is 16.7. The highest BCUT2D eigenvalue weighted by atomic mass is 16.5. The standard InChI is InChI=1S/C15H20N2O4/c1-9(2)11-5-7-12(8-6-11)14(19)21-10(3)13(18)17-15(20)16-4/h5-10H,1-4H3,(H2,16,17,18,20). The van der Waals surface area contributed by atoms with Crippen molar-refractivity contribution in [3.05, 3.63) is 35.4 Å². The van der Waals surface area contributed by atoms with Crippen molar-refractivity contribution >= 4 is 17.9 Å². The largest absolute Gasteiger partial charge is 0.449 e. The quantitative estimate of drug-likeness (QED) is 0.829. The van der Waals surface area contributed by atoms with Crippen LogP contribution in [-0.4, -0.2) is 31.1 Å². The number of ether oxygens (including phenoxy) is 1. The van der Waals surface area contributed by atoms with Crippen molar-refractivity contribution in [1.29, 1.82) is 0 Å². The Kier molecular flexibility index (Phi) is 5.90. The highest BCUT2D eigenvalue weighted by molar-refractivity contribution is 5.98. The van der Waals surface area contributed by atoms with Crippen LogP contribution in [0.3, 0.4) is 0 Å². The molecule has 0 saturated carbocycles. The number of imide groups is 1. The number of rotatable bonds is 4. The molecule has 1 unspecified atom stereocenters. The van der Waals surface area contributed by atoms with Gasteiger partial charge in [-0.3, -0.25) is 10.1 Å². The van der Waals surface area contributed by atoms with Gasteiger partial charge in [0.2, 0.25) is 0 Å². The fraction of sp³-hybridized carbons (Fsp3) is 0.400. The Morgan fingerprint density at radius 3 is 2.10 bits per heavy atom. The summed E-state index contributed by atoms with van der Waals surface area (Å²) in [5.41, 5.74) is 1.47. The molecular weight excluding hydrogens is 272 g/mol. The van der Waals surface area contributed by atoms with E-state index in [0.717, 1.165) is 5.56 Å². The van der Waals surface area contributed by atoms with E-state index in [1.807, 2.05) is 17.4 Å². The number of hydrogen-bond donors (Lipinski definition) is 2. The van der Waals surface area contributed by atoms with E-state index in [1.54, 1.807) is 12.1 Å². The molecule has 2 N–H and O–H groups in total. The van der Waals surface area contributed by atoms with E-state index >= 15 is 0 Å². The van der Waals surface area contributed by atoms with Gasteiger partial charge in [0, 0.05) is 7.05 Å². The van der Waals surface area contributed by atoms with Crippen LogP contribution in [0.25, 0.3) is 0 Å². The van der Waals surface area contributed by atoms with Crippen molar-refractivity contribution < 1.29 is 19.1 Å². The van der Waals surface area contributed by atoms with Crippen molar-refractivity contribution in [2.75, 3.05) is 7.05 Å². The van der Waals surface area contributed by atoms with Gasteiger partial charge in [0.1, 0.15) is 0 Å². The van der Waals surface area contributed by atoms with Crippen LogP contribution >= 0.6 is 0 Å². The lowest BCUT2D eigenvalue weighted by atomic mass is 10.0. The second kappa shape index (κ2) is 7.42. The predicted molar refractivity (Wildman–Crippen MR) is 78.0 cm³/mol. The maximum absolute atomic E-state index is 11.9. The molecule has 6 heteroatoms. The molecule has 0 heterocycles. The zero-order valence-electron chi connectivity index (χ0n) is 12.6. The SMILES string of the molecule is CNC(=O)NC(=O)C(C)OC(=O)c1ccc(C(C)C)cc1. The summed E-state index contributed by atoms with van der Waals surface area (Å²) in [4.78, 5) is 34.5. The molecule has 6 nitrogen and oxygen atoms in total. The highest BCUT2D eigenvalue weighted by Crippen LogP contribution is 2.15. The van der Waals surface area contributed by atoms with Crippen molar-refractivity contribution in [2.24, 2.45) is 0 Å². The summed E-state index contributed by atoms with van der Waals surface area (Å²) in [6.45, 7) is 5.51. The molecule has 1 atom stereocenters. The molecular formula is C15H20N2O4. The Bertz CT molecular complexity index is 523. The number of nitrogens with one attached hydrogen (secondary N) is 2. The molecule has 0 saturated heterocycles. The van der Waals surface area contributed by atoms with Crippen molar-refractivity contribution in [1.82, 2.24) is 10.6 Å². The van der Waals surface area contributed by atoms with Gasteiger partial charge in [0.15, 0.2) is 6.10 Å². The maximum atomic E-state index is 11.9. The topological polar surface area (TPSA) is 84.5 Å². The summed E-state index contributed by atoms with van der Waals surface area (Å²) >= 11 is 0. The molecule has 0 bridgehead atoms. The molecule has 0 aliphatic carbocycles. The van der Waals surface area contributed by atoms with Crippen LogP contribution in [0.15, 0.2) is 24.3 Å². The van der Waals surface area contributed by atoms with Gasteiger partial charge in [-0.15, -0.1) is 0 Å². The third-order valence-corrected chi connectivity index (χ3v) is 2.93. The van der Waals surface area contributed by atoms with Gasteiger partial charge < -0.3 is 10.1 Å². The Morgan fingerprint density at radius 2 is 1.62 bits per heavy atom. The van der Waals surface area contributed by atoms with Gasteiger partial charge >= 0.3 is 12.0 Å². The van der Waals surface area contributed by atoms with Gasteiger partial charge in [-0.1, -0.05) is 26.0 Å². The molecule has 1 aromatic rings.